The summed E-state index contributed by atoms with van der Waals surface area (Å²) >= 11 is 0. The summed E-state index contributed by atoms with van der Waals surface area (Å²) in [7, 11) is 0. The highest BCUT2D eigenvalue weighted by Gasteiger charge is 2.54. The van der Waals surface area contributed by atoms with E-state index in [-0.39, 0.29) is 17.7 Å². The molecule has 2 aromatic carbocycles. The van der Waals surface area contributed by atoms with Gasteiger partial charge in [0.05, 0.1) is 0 Å². The average Bonchev–Trinajstić information content (AvgIpc) is 2.93. The first-order valence-corrected chi connectivity index (χ1v) is 8.57. The van der Waals surface area contributed by atoms with Gasteiger partial charge in [-0.3, -0.25) is 9.59 Å². The number of carbonyl (C=O) groups excluding carboxylic acids is 2. The number of carbonyl (C=O) groups is 2. The van der Waals surface area contributed by atoms with E-state index < -0.39 is 11.0 Å². The van der Waals surface area contributed by atoms with E-state index in [1.54, 1.807) is 0 Å². The summed E-state index contributed by atoms with van der Waals surface area (Å²) < 4.78 is 0. The zero-order valence-electron chi connectivity index (χ0n) is 14.9. The fraction of sp³-hybridized carbons (Fsp3) is 0.333. The molecule has 1 aliphatic rings. The van der Waals surface area contributed by atoms with Gasteiger partial charge < -0.3 is 10.6 Å². The Morgan fingerprint density at radius 1 is 1.04 bits per heavy atom. The second-order valence-corrected chi connectivity index (χ2v) is 7.55. The van der Waals surface area contributed by atoms with Crippen molar-refractivity contribution in [1.82, 2.24) is 10.6 Å². The molecule has 2 aromatic rings. The maximum atomic E-state index is 13.0. The molecule has 25 heavy (non-hydrogen) atoms. The Labute approximate surface area is 148 Å². The van der Waals surface area contributed by atoms with Gasteiger partial charge in [0.15, 0.2) is 5.54 Å². The van der Waals surface area contributed by atoms with Gasteiger partial charge in [0.1, 0.15) is 0 Å². The second-order valence-electron chi connectivity index (χ2n) is 7.55. The lowest BCUT2D eigenvalue weighted by molar-refractivity contribution is -0.136. The first-order chi connectivity index (χ1) is 11.9. The van der Waals surface area contributed by atoms with Crippen LogP contribution in [-0.2, 0) is 15.1 Å². The predicted molar refractivity (Wildman–Crippen MR) is 97.9 cm³/mol. The fourth-order valence-electron chi connectivity index (χ4n) is 3.31. The van der Waals surface area contributed by atoms with Gasteiger partial charge in [0.2, 0.25) is 5.91 Å². The number of hydrogen-bond acceptors (Lipinski definition) is 2. The van der Waals surface area contributed by atoms with Crippen molar-refractivity contribution in [2.45, 2.75) is 32.2 Å². The van der Waals surface area contributed by atoms with Gasteiger partial charge in [-0.25, -0.2) is 0 Å². The third kappa shape index (κ3) is 3.04. The Kier molecular flexibility index (Phi) is 4.38. The molecular weight excluding hydrogens is 312 g/mol. The van der Waals surface area contributed by atoms with Crippen molar-refractivity contribution in [1.29, 1.82) is 0 Å². The lowest BCUT2D eigenvalue weighted by atomic mass is 9.75. The molecule has 1 aliphatic heterocycles. The van der Waals surface area contributed by atoms with Crippen LogP contribution < -0.4 is 10.6 Å². The second kappa shape index (κ2) is 6.36. The lowest BCUT2D eigenvalue weighted by Gasteiger charge is -2.36. The Bertz CT molecular complexity index is 765. The quantitative estimate of drug-likeness (QED) is 0.905. The van der Waals surface area contributed by atoms with Gasteiger partial charge >= 0.3 is 0 Å². The molecule has 4 nitrogen and oxygen atoms in total. The van der Waals surface area contributed by atoms with E-state index in [1.165, 1.54) is 0 Å². The lowest BCUT2D eigenvalue weighted by Crippen LogP contribution is -2.56. The molecule has 0 aliphatic carbocycles. The first-order valence-electron chi connectivity index (χ1n) is 8.57. The molecule has 2 atom stereocenters. The third-order valence-electron chi connectivity index (χ3n) is 4.77. The molecule has 0 bridgehead atoms. The minimum atomic E-state index is -1.10. The third-order valence-corrected chi connectivity index (χ3v) is 4.77. The molecule has 1 fully saturated rings. The van der Waals surface area contributed by atoms with Gasteiger partial charge in [-0.2, -0.15) is 0 Å². The smallest absolute Gasteiger partial charge is 0.251 e. The summed E-state index contributed by atoms with van der Waals surface area (Å²) in [6.07, 6.45) is 0. The predicted octanol–water partition coefficient (Wildman–Crippen LogP) is 2.96. The maximum Gasteiger partial charge on any atom is 0.251 e. The van der Waals surface area contributed by atoms with Crippen LogP contribution in [0.2, 0.25) is 0 Å². The molecule has 1 saturated heterocycles. The van der Waals surface area contributed by atoms with Crippen LogP contribution in [-0.4, -0.2) is 18.4 Å². The van der Waals surface area contributed by atoms with Crippen LogP contribution in [0.25, 0.3) is 0 Å². The molecule has 0 aromatic heterocycles. The Balaban J connectivity index is 2.15. The number of hydrogen-bond donors (Lipinski definition) is 2. The Hall–Kier alpha value is -2.62. The fourth-order valence-corrected chi connectivity index (χ4v) is 3.31. The number of benzene rings is 2. The van der Waals surface area contributed by atoms with Crippen molar-refractivity contribution in [3.8, 4) is 0 Å². The van der Waals surface area contributed by atoms with E-state index in [1.807, 2.05) is 81.4 Å². The highest BCUT2D eigenvalue weighted by atomic mass is 16.2. The SMILES string of the molecule is CC(C)(C)C(=O)NC1(c2ccccc2)C(=O)NCC1c1ccccc1. The number of nitrogens with one attached hydrogen (secondary N) is 2. The van der Waals surface area contributed by atoms with Crippen molar-refractivity contribution in [3.63, 3.8) is 0 Å². The first kappa shape index (κ1) is 17.2. The normalized spacial score (nSPS) is 23.2. The highest BCUT2D eigenvalue weighted by Crippen LogP contribution is 2.41. The van der Waals surface area contributed by atoms with Gasteiger partial charge in [-0.15, -0.1) is 0 Å². The monoisotopic (exact) mass is 336 g/mol. The van der Waals surface area contributed by atoms with Gasteiger partial charge in [0, 0.05) is 17.9 Å². The van der Waals surface area contributed by atoms with Gasteiger partial charge in [-0.05, 0) is 11.1 Å². The van der Waals surface area contributed by atoms with Crippen LogP contribution in [0.3, 0.4) is 0 Å². The Morgan fingerprint density at radius 2 is 1.60 bits per heavy atom. The van der Waals surface area contributed by atoms with Gasteiger partial charge in [-0.1, -0.05) is 81.4 Å². The molecule has 3 rings (SSSR count). The zero-order valence-corrected chi connectivity index (χ0v) is 14.9. The average molecular weight is 336 g/mol. The van der Waals surface area contributed by atoms with E-state index >= 15 is 0 Å². The number of rotatable bonds is 3. The molecule has 2 N–H and O–H groups in total. The van der Waals surface area contributed by atoms with Crippen molar-refractivity contribution in [3.05, 3.63) is 71.8 Å². The Morgan fingerprint density at radius 3 is 2.16 bits per heavy atom. The zero-order chi connectivity index (χ0) is 18.1. The minimum Gasteiger partial charge on any atom is -0.353 e. The molecule has 0 spiro atoms. The summed E-state index contributed by atoms with van der Waals surface area (Å²) in [5.74, 6) is -0.477. The van der Waals surface area contributed by atoms with Crippen molar-refractivity contribution < 1.29 is 9.59 Å². The van der Waals surface area contributed by atoms with Crippen molar-refractivity contribution >= 4 is 11.8 Å². The van der Waals surface area contributed by atoms with Crippen molar-refractivity contribution in [2.24, 2.45) is 5.41 Å². The summed E-state index contributed by atoms with van der Waals surface area (Å²) in [5, 5.41) is 6.06. The van der Waals surface area contributed by atoms with Gasteiger partial charge in [0.25, 0.3) is 5.91 Å². The number of amides is 2. The standard InChI is InChI=1S/C21H24N2O2/c1-20(2,3)18(24)23-21(16-12-8-5-9-13-16)17(14-22-19(21)25)15-10-6-4-7-11-15/h4-13,17H,14H2,1-3H3,(H,22,25)(H,23,24). The molecular formula is C21H24N2O2. The summed E-state index contributed by atoms with van der Waals surface area (Å²) in [6.45, 7) is 6.05. The topological polar surface area (TPSA) is 58.2 Å². The van der Waals surface area contributed by atoms with Crippen LogP contribution in [0.15, 0.2) is 60.7 Å². The minimum absolute atomic E-state index is 0.144. The van der Waals surface area contributed by atoms with E-state index in [4.69, 9.17) is 0 Å². The largest absolute Gasteiger partial charge is 0.353 e. The van der Waals surface area contributed by atoms with E-state index in [0.29, 0.717) is 6.54 Å². The van der Waals surface area contributed by atoms with E-state index in [0.717, 1.165) is 11.1 Å². The summed E-state index contributed by atoms with van der Waals surface area (Å²) in [4.78, 5) is 25.8. The van der Waals surface area contributed by atoms with Crippen LogP contribution >= 0.6 is 0 Å². The maximum absolute atomic E-state index is 13.0. The van der Waals surface area contributed by atoms with Crippen LogP contribution in [0, 0.1) is 5.41 Å². The molecule has 2 unspecified atom stereocenters. The van der Waals surface area contributed by atoms with Crippen LogP contribution in [0.5, 0.6) is 0 Å². The van der Waals surface area contributed by atoms with E-state index in [2.05, 4.69) is 10.6 Å². The molecule has 0 radical (unpaired) electrons. The molecule has 130 valence electrons. The van der Waals surface area contributed by atoms with Crippen LogP contribution in [0.4, 0.5) is 0 Å². The summed E-state index contributed by atoms with van der Waals surface area (Å²) in [5.41, 5.74) is 0.133. The van der Waals surface area contributed by atoms with Crippen LogP contribution in [0.1, 0.15) is 37.8 Å². The summed E-state index contributed by atoms with van der Waals surface area (Å²) in [6, 6.07) is 19.4. The van der Waals surface area contributed by atoms with E-state index in [9.17, 15) is 9.59 Å². The molecule has 4 heteroatoms. The molecule has 2 amide bonds. The van der Waals surface area contributed by atoms with Crippen molar-refractivity contribution in [2.75, 3.05) is 6.54 Å². The highest BCUT2D eigenvalue weighted by molar-refractivity contribution is 5.96. The molecule has 1 heterocycles. The molecule has 0 saturated carbocycles.